The Hall–Kier alpha value is -3.44. The van der Waals surface area contributed by atoms with E-state index in [1.54, 1.807) is 35.8 Å². The van der Waals surface area contributed by atoms with E-state index < -0.39 is 35.6 Å². The van der Waals surface area contributed by atoms with Gasteiger partial charge in [0.1, 0.15) is 0 Å². The first-order chi connectivity index (χ1) is 15.3. The zero-order chi connectivity index (χ0) is 22.9. The lowest BCUT2D eigenvalue weighted by molar-refractivity contribution is -0.141. The van der Waals surface area contributed by atoms with Gasteiger partial charge < -0.3 is 10.6 Å². The van der Waals surface area contributed by atoms with Crippen molar-refractivity contribution in [2.75, 3.05) is 13.1 Å². The molecule has 2 atom stereocenters. The molecule has 1 fully saturated rings. The summed E-state index contributed by atoms with van der Waals surface area (Å²) in [6.45, 7) is 0.689. The van der Waals surface area contributed by atoms with E-state index in [0.717, 1.165) is 0 Å². The second kappa shape index (κ2) is 8.60. The summed E-state index contributed by atoms with van der Waals surface area (Å²) in [6.07, 6.45) is -3.13. The number of halogens is 3. The number of hydrogen-bond acceptors (Lipinski definition) is 5. The number of benzene rings is 1. The van der Waals surface area contributed by atoms with Crippen LogP contribution in [-0.2, 0) is 17.4 Å². The number of hydrogen-bond donors (Lipinski definition) is 4. The number of aromatic nitrogens is 2. The minimum absolute atomic E-state index is 0.00442. The molecule has 3 aromatic rings. The molecule has 1 aliphatic rings. The van der Waals surface area contributed by atoms with Crippen LogP contribution in [-0.4, -0.2) is 45.8 Å². The fourth-order valence-electron chi connectivity index (χ4n) is 3.87. The minimum Gasteiger partial charge on any atom is -0.347 e. The molecule has 4 N–H and O–H groups in total. The number of amides is 2. The molecule has 0 aliphatic carbocycles. The van der Waals surface area contributed by atoms with Crippen molar-refractivity contribution in [3.05, 3.63) is 71.0 Å². The number of nitrogens with zero attached hydrogens (tertiary/aromatic N) is 2. The third-order valence-electron chi connectivity index (χ3n) is 5.49. The number of nitrogens with one attached hydrogen (secondary N) is 3. The van der Waals surface area contributed by atoms with Crippen molar-refractivity contribution < 1.29 is 28.0 Å². The van der Waals surface area contributed by atoms with Crippen molar-refractivity contribution >= 4 is 17.3 Å². The highest BCUT2D eigenvalue weighted by Gasteiger charge is 2.38. The summed E-state index contributed by atoms with van der Waals surface area (Å²) in [5, 5.41) is 18.2. The molecule has 32 heavy (non-hydrogen) atoms. The molecule has 168 valence electrons. The molecule has 3 heterocycles. The first-order valence-corrected chi connectivity index (χ1v) is 9.86. The zero-order valence-corrected chi connectivity index (χ0v) is 16.7. The van der Waals surface area contributed by atoms with Gasteiger partial charge in [-0.1, -0.05) is 18.2 Å². The molecule has 8 nitrogen and oxygen atoms in total. The maximum absolute atomic E-state index is 13.5. The Morgan fingerprint density at radius 3 is 2.59 bits per heavy atom. The van der Waals surface area contributed by atoms with Gasteiger partial charge in [-0.15, -0.1) is 0 Å². The molecule has 0 radical (unpaired) electrons. The Kier molecular flexibility index (Phi) is 5.85. The van der Waals surface area contributed by atoms with E-state index in [1.807, 2.05) is 0 Å². The molecule has 0 unspecified atom stereocenters. The fraction of sp³-hybridized carbons (Fsp3) is 0.286. The molecule has 1 aliphatic heterocycles. The number of pyridine rings is 1. The summed E-state index contributed by atoms with van der Waals surface area (Å²) >= 11 is 0. The van der Waals surface area contributed by atoms with E-state index in [1.165, 1.54) is 22.8 Å². The van der Waals surface area contributed by atoms with Gasteiger partial charge >= 0.3 is 6.18 Å². The first-order valence-electron chi connectivity index (χ1n) is 9.86. The van der Waals surface area contributed by atoms with Gasteiger partial charge in [-0.2, -0.15) is 18.3 Å². The summed E-state index contributed by atoms with van der Waals surface area (Å²) in [7, 11) is 0. The van der Waals surface area contributed by atoms with E-state index in [4.69, 9.17) is 5.21 Å². The van der Waals surface area contributed by atoms with Crippen LogP contribution in [0.4, 0.5) is 13.2 Å². The van der Waals surface area contributed by atoms with Gasteiger partial charge in [0.15, 0.2) is 5.69 Å². The minimum atomic E-state index is -4.59. The smallest absolute Gasteiger partial charge is 0.347 e. The largest absolute Gasteiger partial charge is 0.435 e. The highest BCUT2D eigenvalue weighted by molar-refractivity contribution is 5.95. The molecule has 1 aromatic carbocycles. The predicted molar refractivity (Wildman–Crippen MR) is 107 cm³/mol. The highest BCUT2D eigenvalue weighted by Crippen LogP contribution is 2.34. The van der Waals surface area contributed by atoms with Gasteiger partial charge in [0.05, 0.1) is 17.5 Å². The summed E-state index contributed by atoms with van der Waals surface area (Å²) in [5.41, 5.74) is 1.97. The fourth-order valence-corrected chi connectivity index (χ4v) is 3.87. The summed E-state index contributed by atoms with van der Waals surface area (Å²) in [5.74, 6) is -1.63. The Labute approximate surface area is 180 Å². The molecule has 4 rings (SSSR count). The lowest BCUT2D eigenvalue weighted by Crippen LogP contribution is -2.45. The summed E-state index contributed by atoms with van der Waals surface area (Å²) in [4.78, 5) is 24.2. The lowest BCUT2D eigenvalue weighted by Gasteiger charge is -2.18. The second-order valence-electron chi connectivity index (χ2n) is 7.55. The van der Waals surface area contributed by atoms with Crippen molar-refractivity contribution in [3.63, 3.8) is 0 Å². The average molecular weight is 447 g/mol. The van der Waals surface area contributed by atoms with E-state index in [-0.39, 0.29) is 12.0 Å². The SMILES string of the molecule is O=C(N[C@@H]1CNC[C@@H]1C(=O)NO)c1ccc(Cc2c(C(F)(F)F)nn3ccccc23)cc1. The molecular formula is C21H20F3N5O3. The standard InChI is InChI=1S/C21H20F3N5O3/c22-21(23,24)18-14(17-3-1-2-8-29(17)27-18)9-12-4-6-13(7-5-12)19(30)26-16-11-25-10-15(16)20(31)28-32/h1-8,15-16,25,32H,9-11H2,(H,26,30)(H,28,31)/t15-,16+/m0/s1. The molecule has 2 aromatic heterocycles. The Morgan fingerprint density at radius 2 is 1.91 bits per heavy atom. The van der Waals surface area contributed by atoms with Crippen molar-refractivity contribution in [1.82, 2.24) is 25.7 Å². The van der Waals surface area contributed by atoms with Crippen LogP contribution in [0.2, 0.25) is 0 Å². The monoisotopic (exact) mass is 447 g/mol. The molecule has 1 saturated heterocycles. The number of alkyl halides is 3. The summed E-state index contributed by atoms with van der Waals surface area (Å²) in [6, 6.07) is 10.6. The van der Waals surface area contributed by atoms with Crippen LogP contribution in [0.15, 0.2) is 48.7 Å². The quantitative estimate of drug-likeness (QED) is 0.352. The molecule has 0 spiro atoms. The third-order valence-corrected chi connectivity index (χ3v) is 5.49. The first kappa shape index (κ1) is 21.8. The molecule has 0 saturated carbocycles. The normalized spacial score (nSPS) is 18.6. The number of carbonyl (C=O) groups excluding carboxylic acids is 2. The van der Waals surface area contributed by atoms with Gasteiger partial charge in [-0.25, -0.2) is 10.00 Å². The number of hydroxylamine groups is 1. The van der Waals surface area contributed by atoms with E-state index in [2.05, 4.69) is 15.7 Å². The molecule has 0 bridgehead atoms. The Balaban J connectivity index is 1.51. The number of carbonyl (C=O) groups is 2. The van der Waals surface area contributed by atoms with Gasteiger partial charge in [0, 0.05) is 36.8 Å². The van der Waals surface area contributed by atoms with Crippen LogP contribution in [0, 0.1) is 5.92 Å². The molecule has 11 heteroatoms. The van der Waals surface area contributed by atoms with E-state index >= 15 is 0 Å². The Morgan fingerprint density at radius 1 is 1.16 bits per heavy atom. The average Bonchev–Trinajstić information content (AvgIpc) is 3.38. The van der Waals surface area contributed by atoms with Crippen molar-refractivity contribution in [2.24, 2.45) is 5.92 Å². The van der Waals surface area contributed by atoms with E-state index in [9.17, 15) is 22.8 Å². The van der Waals surface area contributed by atoms with Crippen LogP contribution in [0.25, 0.3) is 5.52 Å². The second-order valence-corrected chi connectivity index (χ2v) is 7.55. The molecular weight excluding hydrogens is 427 g/mol. The van der Waals surface area contributed by atoms with E-state index in [0.29, 0.717) is 29.7 Å². The van der Waals surface area contributed by atoms with Gasteiger partial charge in [-0.3, -0.25) is 14.8 Å². The van der Waals surface area contributed by atoms with Crippen molar-refractivity contribution in [1.29, 1.82) is 0 Å². The van der Waals surface area contributed by atoms with Crippen molar-refractivity contribution in [2.45, 2.75) is 18.6 Å². The van der Waals surface area contributed by atoms with Gasteiger partial charge in [0.2, 0.25) is 5.91 Å². The van der Waals surface area contributed by atoms with Gasteiger partial charge in [0.25, 0.3) is 5.91 Å². The van der Waals surface area contributed by atoms with Crippen LogP contribution in [0.3, 0.4) is 0 Å². The topological polar surface area (TPSA) is 108 Å². The third kappa shape index (κ3) is 4.30. The Bertz CT molecular complexity index is 1140. The zero-order valence-electron chi connectivity index (χ0n) is 16.7. The number of rotatable bonds is 5. The van der Waals surface area contributed by atoms with Crippen LogP contribution in [0.5, 0.6) is 0 Å². The predicted octanol–water partition coefficient (Wildman–Crippen LogP) is 1.77. The lowest BCUT2D eigenvalue weighted by atomic mass is 10.0. The maximum atomic E-state index is 13.5. The summed E-state index contributed by atoms with van der Waals surface area (Å²) < 4.78 is 41.7. The van der Waals surface area contributed by atoms with Crippen LogP contribution < -0.4 is 16.1 Å². The van der Waals surface area contributed by atoms with Crippen LogP contribution in [0.1, 0.15) is 27.2 Å². The highest BCUT2D eigenvalue weighted by atomic mass is 19.4. The number of fused-ring (bicyclic) bond motifs is 1. The van der Waals surface area contributed by atoms with Crippen molar-refractivity contribution in [3.8, 4) is 0 Å². The van der Waals surface area contributed by atoms with Gasteiger partial charge in [-0.05, 0) is 29.8 Å². The maximum Gasteiger partial charge on any atom is 0.435 e. The van der Waals surface area contributed by atoms with Crippen LogP contribution >= 0.6 is 0 Å². The molecule has 2 amide bonds.